The Labute approximate surface area is 118 Å². The Hall–Kier alpha value is -2.09. The van der Waals surface area contributed by atoms with Crippen LogP contribution in [0.5, 0.6) is 0 Å². The van der Waals surface area contributed by atoms with Crippen LogP contribution in [0.1, 0.15) is 43.9 Å². The second-order valence-electron chi connectivity index (χ2n) is 5.71. The first-order valence-electron chi connectivity index (χ1n) is 6.85. The summed E-state index contributed by atoms with van der Waals surface area (Å²) >= 11 is 0. The highest BCUT2D eigenvalue weighted by atomic mass is 16.4. The maximum atomic E-state index is 11.7. The quantitative estimate of drug-likeness (QED) is 0.884. The number of hydrogen-bond acceptors (Lipinski definition) is 4. The van der Waals surface area contributed by atoms with Gasteiger partial charge in [0.1, 0.15) is 11.4 Å². The Bertz CT molecular complexity index is 565. The summed E-state index contributed by atoms with van der Waals surface area (Å²) in [4.78, 5) is 16.0. The molecule has 1 aromatic rings. The summed E-state index contributed by atoms with van der Waals surface area (Å²) in [6, 6.07) is 5.36. The number of nitrogens with one attached hydrogen (secondary N) is 1. The first-order chi connectivity index (χ1) is 9.45. The summed E-state index contributed by atoms with van der Waals surface area (Å²) in [6.07, 6.45) is 3.11. The molecule has 2 atom stereocenters. The minimum Gasteiger partial charge on any atom is -0.480 e. The van der Waals surface area contributed by atoms with Crippen LogP contribution in [0.3, 0.4) is 0 Å². The maximum absolute atomic E-state index is 11.7. The lowest BCUT2D eigenvalue weighted by molar-refractivity contribution is -0.144. The summed E-state index contributed by atoms with van der Waals surface area (Å²) in [6.45, 7) is 3.87. The van der Waals surface area contributed by atoms with Gasteiger partial charge >= 0.3 is 5.97 Å². The highest BCUT2D eigenvalue weighted by Gasteiger charge is 2.42. The molecular formula is C15H19N3O2. The molecule has 0 spiro atoms. The number of rotatable bonds is 3. The maximum Gasteiger partial charge on any atom is 0.329 e. The van der Waals surface area contributed by atoms with Gasteiger partial charge in [0, 0.05) is 5.69 Å². The number of anilines is 1. The summed E-state index contributed by atoms with van der Waals surface area (Å²) in [5, 5.41) is 21.7. The third-order valence-electron chi connectivity index (χ3n) is 3.86. The molecule has 0 amide bonds. The third kappa shape index (κ3) is 2.90. The number of carboxylic acids is 1. The fourth-order valence-electron chi connectivity index (χ4n) is 2.95. The second-order valence-corrected chi connectivity index (χ2v) is 5.71. The van der Waals surface area contributed by atoms with Gasteiger partial charge in [-0.3, -0.25) is 0 Å². The van der Waals surface area contributed by atoms with E-state index in [-0.39, 0.29) is 0 Å². The largest absolute Gasteiger partial charge is 0.480 e. The molecule has 5 heteroatoms. The lowest BCUT2D eigenvalue weighted by Gasteiger charge is -2.37. The zero-order valence-corrected chi connectivity index (χ0v) is 11.8. The Morgan fingerprint density at radius 2 is 2.35 bits per heavy atom. The van der Waals surface area contributed by atoms with Crippen LogP contribution in [-0.4, -0.2) is 21.6 Å². The van der Waals surface area contributed by atoms with Gasteiger partial charge in [0.25, 0.3) is 0 Å². The monoisotopic (exact) mass is 273 g/mol. The van der Waals surface area contributed by atoms with E-state index in [1.54, 1.807) is 19.1 Å². The molecule has 1 fully saturated rings. The Balaban J connectivity index is 2.31. The van der Waals surface area contributed by atoms with Crippen molar-refractivity contribution in [2.24, 2.45) is 5.92 Å². The minimum absolute atomic E-state index is 0.368. The number of nitrogens with zero attached hydrogens (tertiary/aromatic N) is 2. The van der Waals surface area contributed by atoms with Crippen LogP contribution < -0.4 is 5.32 Å². The number of carbonyl (C=O) groups is 1. The summed E-state index contributed by atoms with van der Waals surface area (Å²) in [5.41, 5.74) is 0.228. The molecule has 2 N–H and O–H groups in total. The lowest BCUT2D eigenvalue weighted by atomic mass is 9.76. The molecule has 0 aromatic carbocycles. The van der Waals surface area contributed by atoms with E-state index in [1.807, 2.05) is 0 Å². The van der Waals surface area contributed by atoms with Crippen molar-refractivity contribution in [1.82, 2.24) is 4.98 Å². The highest BCUT2D eigenvalue weighted by Crippen LogP contribution is 2.35. The van der Waals surface area contributed by atoms with Gasteiger partial charge in [0.2, 0.25) is 0 Å². The minimum atomic E-state index is -0.967. The number of aromatic nitrogens is 1. The molecule has 0 aliphatic heterocycles. The molecule has 2 unspecified atom stereocenters. The van der Waals surface area contributed by atoms with Crippen molar-refractivity contribution in [3.63, 3.8) is 0 Å². The van der Waals surface area contributed by atoms with Crippen molar-refractivity contribution in [2.45, 2.75) is 45.1 Å². The molecular weight excluding hydrogens is 254 g/mol. The molecule has 1 aliphatic carbocycles. The molecule has 20 heavy (non-hydrogen) atoms. The van der Waals surface area contributed by atoms with E-state index < -0.39 is 11.5 Å². The zero-order chi connectivity index (χ0) is 14.8. The molecule has 0 saturated heterocycles. The van der Waals surface area contributed by atoms with Gasteiger partial charge in [-0.1, -0.05) is 19.8 Å². The Morgan fingerprint density at radius 3 is 2.95 bits per heavy atom. The predicted octanol–water partition coefficient (Wildman–Crippen LogP) is 2.71. The molecule has 5 nitrogen and oxygen atoms in total. The van der Waals surface area contributed by atoms with Gasteiger partial charge < -0.3 is 10.4 Å². The Morgan fingerprint density at radius 1 is 1.60 bits per heavy atom. The summed E-state index contributed by atoms with van der Waals surface area (Å²) in [7, 11) is 0. The van der Waals surface area contributed by atoms with Crippen molar-refractivity contribution in [3.8, 4) is 6.07 Å². The predicted molar refractivity (Wildman–Crippen MR) is 75.3 cm³/mol. The number of nitriles is 1. The summed E-state index contributed by atoms with van der Waals surface area (Å²) in [5.74, 6) is -0.00323. The molecule has 0 radical (unpaired) electrons. The van der Waals surface area contributed by atoms with E-state index in [1.165, 1.54) is 0 Å². The fraction of sp³-hybridized carbons (Fsp3) is 0.533. The number of hydrogen-bond donors (Lipinski definition) is 2. The van der Waals surface area contributed by atoms with Crippen molar-refractivity contribution in [1.29, 1.82) is 5.26 Å². The van der Waals surface area contributed by atoms with Crippen LogP contribution in [0.15, 0.2) is 12.1 Å². The van der Waals surface area contributed by atoms with Gasteiger partial charge in [-0.05, 0) is 37.8 Å². The third-order valence-corrected chi connectivity index (χ3v) is 3.86. The number of carboxylic acid groups (broad SMARTS) is 1. The van der Waals surface area contributed by atoms with Crippen LogP contribution in [0, 0.1) is 24.2 Å². The number of aliphatic carboxylic acids is 1. The smallest absolute Gasteiger partial charge is 0.329 e. The van der Waals surface area contributed by atoms with E-state index in [0.717, 1.165) is 12.8 Å². The van der Waals surface area contributed by atoms with Gasteiger partial charge in [0.05, 0.1) is 11.6 Å². The Kier molecular flexibility index (Phi) is 3.93. The van der Waals surface area contributed by atoms with Gasteiger partial charge in [-0.15, -0.1) is 0 Å². The SMILES string of the molecule is Cc1cc(C#N)cc(NC2(C(=O)O)CCCC(C)C2)n1. The lowest BCUT2D eigenvalue weighted by Crippen LogP contribution is -2.49. The van der Waals surface area contributed by atoms with Crippen LogP contribution in [0.25, 0.3) is 0 Å². The van der Waals surface area contributed by atoms with Crippen molar-refractivity contribution < 1.29 is 9.90 Å². The van der Waals surface area contributed by atoms with E-state index >= 15 is 0 Å². The normalized spacial score (nSPS) is 25.8. The standard InChI is InChI=1S/C15H19N3O2/c1-10-4-3-5-15(8-10,14(19)20)18-13-7-12(9-16)6-11(2)17-13/h6-7,10H,3-5,8H2,1-2H3,(H,17,18)(H,19,20). The van der Waals surface area contributed by atoms with Gasteiger partial charge in [0.15, 0.2) is 0 Å². The van der Waals surface area contributed by atoms with E-state index in [4.69, 9.17) is 5.26 Å². The number of pyridine rings is 1. The topological polar surface area (TPSA) is 86.0 Å². The first-order valence-corrected chi connectivity index (χ1v) is 6.85. The van der Waals surface area contributed by atoms with Crippen LogP contribution >= 0.6 is 0 Å². The molecule has 106 valence electrons. The second kappa shape index (κ2) is 5.49. The molecule has 1 aliphatic rings. The number of aryl methyl sites for hydroxylation is 1. The van der Waals surface area contributed by atoms with E-state index in [9.17, 15) is 9.90 Å². The average molecular weight is 273 g/mol. The van der Waals surface area contributed by atoms with Crippen molar-refractivity contribution >= 4 is 11.8 Å². The molecule has 0 bridgehead atoms. The van der Waals surface area contributed by atoms with E-state index in [0.29, 0.717) is 35.8 Å². The van der Waals surface area contributed by atoms with Crippen LogP contribution in [0.2, 0.25) is 0 Å². The van der Waals surface area contributed by atoms with Crippen molar-refractivity contribution in [3.05, 3.63) is 23.4 Å². The molecule has 1 aromatic heterocycles. The average Bonchev–Trinajstić information content (AvgIpc) is 2.37. The fourth-order valence-corrected chi connectivity index (χ4v) is 2.95. The highest BCUT2D eigenvalue weighted by molar-refractivity contribution is 5.82. The zero-order valence-electron chi connectivity index (χ0n) is 11.8. The van der Waals surface area contributed by atoms with Crippen LogP contribution in [-0.2, 0) is 4.79 Å². The van der Waals surface area contributed by atoms with Crippen LogP contribution in [0.4, 0.5) is 5.82 Å². The summed E-state index contributed by atoms with van der Waals surface area (Å²) < 4.78 is 0. The molecule has 1 saturated carbocycles. The van der Waals surface area contributed by atoms with Gasteiger partial charge in [-0.2, -0.15) is 5.26 Å². The molecule has 1 heterocycles. The van der Waals surface area contributed by atoms with Gasteiger partial charge in [-0.25, -0.2) is 9.78 Å². The van der Waals surface area contributed by atoms with Crippen molar-refractivity contribution in [2.75, 3.05) is 5.32 Å². The first kappa shape index (κ1) is 14.3. The molecule has 2 rings (SSSR count). The van der Waals surface area contributed by atoms with E-state index in [2.05, 4.69) is 23.3 Å².